The van der Waals surface area contributed by atoms with E-state index in [0.717, 1.165) is 44.1 Å². The Bertz CT molecular complexity index is 486. The largest absolute Gasteiger partial charge is 0.476 e. The van der Waals surface area contributed by atoms with E-state index in [1.165, 1.54) is 12.8 Å². The van der Waals surface area contributed by atoms with Crippen LogP contribution in [0.25, 0.3) is 0 Å². The molecule has 2 fully saturated rings. The zero-order valence-corrected chi connectivity index (χ0v) is 11.7. The van der Waals surface area contributed by atoms with Gasteiger partial charge in [-0.25, -0.2) is 9.48 Å². The van der Waals surface area contributed by atoms with E-state index in [1.807, 2.05) is 0 Å². The van der Waals surface area contributed by atoms with Crippen LogP contribution < -0.4 is 0 Å². The minimum absolute atomic E-state index is 0.184. The van der Waals surface area contributed by atoms with Crippen LogP contribution in [0.2, 0.25) is 5.15 Å². The molecule has 0 saturated heterocycles. The Morgan fingerprint density at radius 1 is 1.16 bits per heavy atom. The Balaban J connectivity index is 2.02. The fraction of sp³-hybridized carbons (Fsp3) is 0.714. The molecule has 2 aliphatic rings. The maximum Gasteiger partial charge on any atom is 0.356 e. The molecule has 0 aliphatic heterocycles. The zero-order chi connectivity index (χ0) is 13.4. The van der Waals surface area contributed by atoms with E-state index in [2.05, 4.69) is 5.10 Å². The molecule has 0 unspecified atom stereocenters. The third-order valence-electron chi connectivity index (χ3n) is 4.52. The highest BCUT2D eigenvalue weighted by molar-refractivity contribution is 6.31. The minimum Gasteiger partial charge on any atom is -0.476 e. The van der Waals surface area contributed by atoms with E-state index in [9.17, 15) is 9.90 Å². The number of aromatic nitrogens is 2. The molecule has 1 N–H and O–H groups in total. The second kappa shape index (κ2) is 5.16. The van der Waals surface area contributed by atoms with Crippen LogP contribution in [0.15, 0.2) is 0 Å². The minimum atomic E-state index is -0.944. The smallest absolute Gasteiger partial charge is 0.356 e. The number of rotatable bonds is 3. The number of carboxylic acids is 1. The molecule has 19 heavy (non-hydrogen) atoms. The molecule has 0 aromatic carbocycles. The van der Waals surface area contributed by atoms with E-state index in [4.69, 9.17) is 11.6 Å². The van der Waals surface area contributed by atoms with Crippen molar-refractivity contribution in [2.45, 2.75) is 63.3 Å². The Hall–Kier alpha value is -1.03. The summed E-state index contributed by atoms with van der Waals surface area (Å²) in [6.45, 7) is 0. The number of hydrogen-bond acceptors (Lipinski definition) is 2. The van der Waals surface area contributed by atoms with Gasteiger partial charge in [0.2, 0.25) is 0 Å². The van der Waals surface area contributed by atoms with Crippen molar-refractivity contribution in [1.29, 1.82) is 0 Å². The maximum atomic E-state index is 11.4. The van der Waals surface area contributed by atoms with Gasteiger partial charge in [0.05, 0.1) is 6.04 Å². The van der Waals surface area contributed by atoms with Gasteiger partial charge in [0, 0.05) is 5.56 Å². The molecule has 0 bridgehead atoms. The van der Waals surface area contributed by atoms with Crippen LogP contribution in [0.1, 0.15) is 79.4 Å². The van der Waals surface area contributed by atoms with E-state index >= 15 is 0 Å². The molecule has 5 heteroatoms. The van der Waals surface area contributed by atoms with Crippen molar-refractivity contribution in [2.75, 3.05) is 0 Å². The highest BCUT2D eigenvalue weighted by atomic mass is 35.5. The van der Waals surface area contributed by atoms with Gasteiger partial charge in [0.25, 0.3) is 0 Å². The lowest BCUT2D eigenvalue weighted by molar-refractivity contribution is 0.0687. The summed E-state index contributed by atoms with van der Waals surface area (Å²) in [6.07, 6.45) is 8.88. The van der Waals surface area contributed by atoms with Gasteiger partial charge in [-0.05, 0) is 31.6 Å². The Kier molecular flexibility index (Phi) is 3.52. The number of carboxylic acid groups (broad SMARTS) is 1. The normalized spacial score (nSPS) is 21.3. The van der Waals surface area contributed by atoms with E-state index < -0.39 is 5.97 Å². The first-order chi connectivity index (χ1) is 9.18. The Morgan fingerprint density at radius 3 is 2.32 bits per heavy atom. The lowest BCUT2D eigenvalue weighted by Gasteiger charge is -2.12. The lowest BCUT2D eigenvalue weighted by Crippen LogP contribution is -2.08. The van der Waals surface area contributed by atoms with Gasteiger partial charge in [-0.2, -0.15) is 5.10 Å². The standard InChI is InChI=1S/C14H19ClN2O2/c15-13-11(9-5-1-2-6-9)12(14(18)19)16-17(13)10-7-3-4-8-10/h9-10H,1-8H2,(H,18,19). The van der Waals surface area contributed by atoms with Crippen molar-refractivity contribution in [1.82, 2.24) is 9.78 Å². The monoisotopic (exact) mass is 282 g/mol. The van der Waals surface area contributed by atoms with Crippen molar-refractivity contribution in [3.63, 3.8) is 0 Å². The first-order valence-corrected chi connectivity index (χ1v) is 7.57. The molecule has 4 nitrogen and oxygen atoms in total. The predicted octanol–water partition coefficient (Wildman–Crippen LogP) is 4.01. The van der Waals surface area contributed by atoms with E-state index in [-0.39, 0.29) is 11.6 Å². The molecule has 3 rings (SSSR count). The quantitative estimate of drug-likeness (QED) is 0.911. The van der Waals surface area contributed by atoms with E-state index in [1.54, 1.807) is 4.68 Å². The molecule has 0 atom stereocenters. The highest BCUT2D eigenvalue weighted by Gasteiger charge is 2.32. The molecule has 1 heterocycles. The number of aromatic carboxylic acids is 1. The molecule has 0 amide bonds. The summed E-state index contributed by atoms with van der Waals surface area (Å²) in [5.74, 6) is -0.658. The molecule has 0 radical (unpaired) electrons. The molecule has 1 aromatic rings. The van der Waals surface area contributed by atoms with Crippen molar-refractivity contribution in [2.24, 2.45) is 0 Å². The third kappa shape index (κ3) is 2.27. The Morgan fingerprint density at radius 2 is 1.74 bits per heavy atom. The number of nitrogens with zero attached hydrogens (tertiary/aromatic N) is 2. The predicted molar refractivity (Wildman–Crippen MR) is 72.9 cm³/mol. The van der Waals surface area contributed by atoms with Crippen molar-refractivity contribution in [3.8, 4) is 0 Å². The summed E-state index contributed by atoms with van der Waals surface area (Å²) in [4.78, 5) is 11.4. The topological polar surface area (TPSA) is 55.1 Å². The average Bonchev–Trinajstić information content (AvgIpc) is 3.07. The van der Waals surface area contributed by atoms with Crippen LogP contribution in [0.3, 0.4) is 0 Å². The van der Waals surface area contributed by atoms with Crippen LogP contribution in [0, 0.1) is 0 Å². The lowest BCUT2D eigenvalue weighted by atomic mass is 9.98. The summed E-state index contributed by atoms with van der Waals surface area (Å²) >= 11 is 6.47. The van der Waals surface area contributed by atoms with Crippen molar-refractivity contribution >= 4 is 17.6 Å². The SMILES string of the molecule is O=C(O)c1nn(C2CCCC2)c(Cl)c1C1CCCC1. The van der Waals surface area contributed by atoms with Crippen LogP contribution >= 0.6 is 11.6 Å². The van der Waals surface area contributed by atoms with Gasteiger partial charge in [0.15, 0.2) is 5.69 Å². The van der Waals surface area contributed by atoms with Crippen LogP contribution in [0.4, 0.5) is 0 Å². The van der Waals surface area contributed by atoms with E-state index in [0.29, 0.717) is 11.2 Å². The highest BCUT2D eigenvalue weighted by Crippen LogP contribution is 2.42. The molecule has 2 aliphatic carbocycles. The fourth-order valence-corrected chi connectivity index (χ4v) is 3.97. The molecular weight excluding hydrogens is 264 g/mol. The van der Waals surface area contributed by atoms with Gasteiger partial charge in [-0.15, -0.1) is 0 Å². The molecule has 2 saturated carbocycles. The number of carbonyl (C=O) groups is 1. The zero-order valence-electron chi connectivity index (χ0n) is 10.9. The summed E-state index contributed by atoms with van der Waals surface area (Å²) in [5, 5.41) is 14.3. The van der Waals surface area contributed by atoms with Gasteiger partial charge in [-0.1, -0.05) is 37.3 Å². The van der Waals surface area contributed by atoms with Gasteiger partial charge in [-0.3, -0.25) is 0 Å². The Labute approximate surface area is 117 Å². The third-order valence-corrected chi connectivity index (χ3v) is 4.90. The first-order valence-electron chi connectivity index (χ1n) is 7.19. The second-order valence-electron chi connectivity index (χ2n) is 5.72. The average molecular weight is 283 g/mol. The number of halogens is 1. The molecule has 104 valence electrons. The molecule has 1 aromatic heterocycles. The van der Waals surface area contributed by atoms with Crippen LogP contribution in [-0.4, -0.2) is 20.9 Å². The summed E-state index contributed by atoms with van der Waals surface area (Å²) in [5.41, 5.74) is 0.974. The summed E-state index contributed by atoms with van der Waals surface area (Å²) in [7, 11) is 0. The number of hydrogen-bond donors (Lipinski definition) is 1. The maximum absolute atomic E-state index is 11.4. The first kappa shape index (κ1) is 13.0. The fourth-order valence-electron chi connectivity index (χ4n) is 3.55. The van der Waals surface area contributed by atoms with Gasteiger partial charge >= 0.3 is 5.97 Å². The summed E-state index contributed by atoms with van der Waals surface area (Å²) < 4.78 is 1.78. The molecular formula is C14H19ClN2O2. The second-order valence-corrected chi connectivity index (χ2v) is 6.08. The molecule has 0 spiro atoms. The van der Waals surface area contributed by atoms with Crippen LogP contribution in [0.5, 0.6) is 0 Å². The summed E-state index contributed by atoms with van der Waals surface area (Å²) in [6, 6.07) is 0.292. The van der Waals surface area contributed by atoms with Crippen LogP contribution in [-0.2, 0) is 0 Å². The van der Waals surface area contributed by atoms with Gasteiger partial charge in [0.1, 0.15) is 5.15 Å². The van der Waals surface area contributed by atoms with Crippen molar-refractivity contribution < 1.29 is 9.90 Å². The van der Waals surface area contributed by atoms with Crippen molar-refractivity contribution in [3.05, 3.63) is 16.4 Å². The van der Waals surface area contributed by atoms with Gasteiger partial charge < -0.3 is 5.11 Å².